The molecule has 0 aliphatic rings. The fourth-order valence-electron chi connectivity index (χ4n) is 1.72. The minimum absolute atomic E-state index is 0.0433. The summed E-state index contributed by atoms with van der Waals surface area (Å²) in [5, 5.41) is 6.77. The molecule has 1 N–H and O–H groups in total. The SMILES string of the molecule is CC(C)C(C)(C)CNC(=O)c1cc(-c2ccccc2)on1. The summed E-state index contributed by atoms with van der Waals surface area (Å²) in [6.07, 6.45) is 0. The van der Waals surface area contributed by atoms with Crippen molar-refractivity contribution in [2.45, 2.75) is 27.7 Å². The first kappa shape index (κ1) is 15.3. The molecular formula is C17H22N2O2. The van der Waals surface area contributed by atoms with Crippen molar-refractivity contribution in [1.82, 2.24) is 10.5 Å². The summed E-state index contributed by atoms with van der Waals surface area (Å²) in [6, 6.07) is 11.3. The maximum atomic E-state index is 12.1. The Labute approximate surface area is 125 Å². The Morgan fingerprint density at radius 2 is 1.95 bits per heavy atom. The zero-order valence-corrected chi connectivity index (χ0v) is 13.0. The van der Waals surface area contributed by atoms with Crippen LogP contribution >= 0.6 is 0 Å². The fraction of sp³-hybridized carbons (Fsp3) is 0.412. The molecule has 21 heavy (non-hydrogen) atoms. The molecule has 1 heterocycles. The van der Waals surface area contributed by atoms with Gasteiger partial charge in [-0.1, -0.05) is 63.2 Å². The highest BCUT2D eigenvalue weighted by atomic mass is 16.5. The van der Waals surface area contributed by atoms with Crippen LogP contribution in [0.2, 0.25) is 0 Å². The normalized spacial score (nSPS) is 11.7. The van der Waals surface area contributed by atoms with E-state index in [9.17, 15) is 4.79 Å². The number of carbonyl (C=O) groups is 1. The van der Waals surface area contributed by atoms with E-state index < -0.39 is 0 Å². The van der Waals surface area contributed by atoms with E-state index in [2.05, 4.69) is 38.2 Å². The molecule has 0 saturated carbocycles. The van der Waals surface area contributed by atoms with Gasteiger partial charge in [-0.3, -0.25) is 4.79 Å². The van der Waals surface area contributed by atoms with Crippen molar-refractivity contribution in [3.05, 3.63) is 42.1 Å². The molecule has 112 valence electrons. The Kier molecular flexibility index (Phi) is 4.46. The number of hydrogen-bond acceptors (Lipinski definition) is 3. The number of amides is 1. The van der Waals surface area contributed by atoms with Crippen molar-refractivity contribution in [1.29, 1.82) is 0 Å². The Morgan fingerprint density at radius 1 is 1.29 bits per heavy atom. The Morgan fingerprint density at radius 3 is 2.57 bits per heavy atom. The molecule has 1 aromatic heterocycles. The van der Waals surface area contributed by atoms with Gasteiger partial charge in [0.25, 0.3) is 5.91 Å². The van der Waals surface area contributed by atoms with E-state index in [1.54, 1.807) is 6.07 Å². The molecule has 0 unspecified atom stereocenters. The third-order valence-corrected chi connectivity index (χ3v) is 4.07. The first-order valence-electron chi connectivity index (χ1n) is 7.20. The molecule has 2 rings (SSSR count). The van der Waals surface area contributed by atoms with Crippen LogP contribution in [0, 0.1) is 11.3 Å². The highest BCUT2D eigenvalue weighted by Gasteiger charge is 2.24. The Balaban J connectivity index is 2.03. The third kappa shape index (κ3) is 3.72. The topological polar surface area (TPSA) is 55.1 Å². The van der Waals surface area contributed by atoms with Gasteiger partial charge in [0, 0.05) is 18.2 Å². The van der Waals surface area contributed by atoms with E-state index in [1.165, 1.54) is 0 Å². The quantitative estimate of drug-likeness (QED) is 0.910. The summed E-state index contributed by atoms with van der Waals surface area (Å²) in [4.78, 5) is 12.1. The van der Waals surface area contributed by atoms with Gasteiger partial charge in [-0.15, -0.1) is 0 Å². The first-order valence-corrected chi connectivity index (χ1v) is 7.20. The summed E-state index contributed by atoms with van der Waals surface area (Å²) in [7, 11) is 0. The molecule has 0 fully saturated rings. The van der Waals surface area contributed by atoms with Crippen molar-refractivity contribution >= 4 is 5.91 Å². The van der Waals surface area contributed by atoms with Crippen LogP contribution in [0.4, 0.5) is 0 Å². The second kappa shape index (κ2) is 6.12. The van der Waals surface area contributed by atoms with Crippen LogP contribution in [0.25, 0.3) is 11.3 Å². The maximum Gasteiger partial charge on any atom is 0.273 e. The minimum Gasteiger partial charge on any atom is -0.355 e. The third-order valence-electron chi connectivity index (χ3n) is 4.07. The number of nitrogens with one attached hydrogen (secondary N) is 1. The molecule has 0 spiro atoms. The standard InChI is InChI=1S/C17H22N2O2/c1-12(2)17(3,4)11-18-16(20)14-10-15(21-19-14)13-8-6-5-7-9-13/h5-10,12H,11H2,1-4H3,(H,18,20). The number of hydrogen-bond donors (Lipinski definition) is 1. The van der Waals surface area contributed by atoms with Crippen molar-refractivity contribution in [3.8, 4) is 11.3 Å². The molecule has 4 nitrogen and oxygen atoms in total. The molecule has 0 saturated heterocycles. The average molecular weight is 286 g/mol. The summed E-state index contributed by atoms with van der Waals surface area (Å²) < 4.78 is 5.24. The number of benzene rings is 1. The molecular weight excluding hydrogens is 264 g/mol. The van der Waals surface area contributed by atoms with Crippen LogP contribution in [-0.2, 0) is 0 Å². The fourth-order valence-corrected chi connectivity index (χ4v) is 1.72. The highest BCUT2D eigenvalue weighted by Crippen LogP contribution is 2.25. The van der Waals surface area contributed by atoms with Gasteiger partial charge in [0.05, 0.1) is 0 Å². The second-order valence-corrected chi connectivity index (χ2v) is 6.27. The summed E-state index contributed by atoms with van der Waals surface area (Å²) in [5.74, 6) is 0.883. The van der Waals surface area contributed by atoms with E-state index in [0.29, 0.717) is 23.9 Å². The van der Waals surface area contributed by atoms with Crippen LogP contribution in [0.15, 0.2) is 40.9 Å². The van der Waals surface area contributed by atoms with Crippen LogP contribution < -0.4 is 5.32 Å². The summed E-state index contributed by atoms with van der Waals surface area (Å²) in [6.45, 7) is 9.18. The van der Waals surface area contributed by atoms with Gasteiger partial charge in [-0.25, -0.2) is 0 Å². The number of rotatable bonds is 5. The predicted molar refractivity (Wildman–Crippen MR) is 82.9 cm³/mol. The summed E-state index contributed by atoms with van der Waals surface area (Å²) in [5.41, 5.74) is 1.27. The van der Waals surface area contributed by atoms with Gasteiger partial charge in [-0.2, -0.15) is 0 Å². The molecule has 0 aliphatic heterocycles. The van der Waals surface area contributed by atoms with Crippen molar-refractivity contribution in [3.63, 3.8) is 0 Å². The van der Waals surface area contributed by atoms with E-state index in [1.807, 2.05) is 30.3 Å². The lowest BCUT2D eigenvalue weighted by Gasteiger charge is -2.29. The first-order chi connectivity index (χ1) is 9.90. The highest BCUT2D eigenvalue weighted by molar-refractivity contribution is 5.93. The minimum atomic E-state index is -0.199. The lowest BCUT2D eigenvalue weighted by molar-refractivity contribution is 0.0916. The molecule has 4 heteroatoms. The summed E-state index contributed by atoms with van der Waals surface area (Å²) >= 11 is 0. The van der Waals surface area contributed by atoms with Crippen LogP contribution in [0.1, 0.15) is 38.2 Å². The Hall–Kier alpha value is -2.10. The van der Waals surface area contributed by atoms with E-state index in [-0.39, 0.29) is 11.3 Å². The van der Waals surface area contributed by atoms with Crippen molar-refractivity contribution < 1.29 is 9.32 Å². The van der Waals surface area contributed by atoms with Gasteiger partial charge in [0.2, 0.25) is 0 Å². The van der Waals surface area contributed by atoms with Gasteiger partial charge in [-0.05, 0) is 11.3 Å². The zero-order valence-electron chi connectivity index (χ0n) is 13.0. The molecule has 0 aliphatic carbocycles. The van der Waals surface area contributed by atoms with Crippen LogP contribution in [-0.4, -0.2) is 17.6 Å². The predicted octanol–water partition coefficient (Wildman–Crippen LogP) is 3.75. The molecule has 1 aromatic carbocycles. The Bertz CT molecular complexity index is 600. The van der Waals surface area contributed by atoms with Gasteiger partial charge in [0.1, 0.15) is 0 Å². The zero-order chi connectivity index (χ0) is 15.5. The lowest BCUT2D eigenvalue weighted by Crippen LogP contribution is -2.37. The number of aromatic nitrogens is 1. The maximum absolute atomic E-state index is 12.1. The average Bonchev–Trinajstić information content (AvgIpc) is 2.95. The second-order valence-electron chi connectivity index (χ2n) is 6.27. The molecule has 1 amide bonds. The van der Waals surface area contributed by atoms with E-state index >= 15 is 0 Å². The van der Waals surface area contributed by atoms with Crippen molar-refractivity contribution in [2.24, 2.45) is 11.3 Å². The van der Waals surface area contributed by atoms with Crippen LogP contribution in [0.3, 0.4) is 0 Å². The number of carbonyl (C=O) groups excluding carboxylic acids is 1. The molecule has 2 aromatic rings. The number of nitrogens with zero attached hydrogens (tertiary/aromatic N) is 1. The van der Waals surface area contributed by atoms with Gasteiger partial charge in [0.15, 0.2) is 11.5 Å². The lowest BCUT2D eigenvalue weighted by atomic mass is 9.81. The van der Waals surface area contributed by atoms with Crippen LogP contribution in [0.5, 0.6) is 0 Å². The molecule has 0 atom stereocenters. The van der Waals surface area contributed by atoms with Gasteiger partial charge < -0.3 is 9.84 Å². The molecule has 0 radical (unpaired) electrons. The largest absolute Gasteiger partial charge is 0.355 e. The monoisotopic (exact) mass is 286 g/mol. The van der Waals surface area contributed by atoms with Gasteiger partial charge >= 0.3 is 0 Å². The van der Waals surface area contributed by atoms with E-state index in [0.717, 1.165) is 5.56 Å². The molecule has 0 bridgehead atoms. The van der Waals surface area contributed by atoms with Crippen molar-refractivity contribution in [2.75, 3.05) is 6.54 Å². The smallest absolute Gasteiger partial charge is 0.273 e. The van der Waals surface area contributed by atoms with E-state index in [4.69, 9.17) is 4.52 Å².